The Morgan fingerprint density at radius 1 is 1.25 bits per heavy atom. The molecule has 3 nitrogen and oxygen atoms in total. The van der Waals surface area contributed by atoms with E-state index in [0.29, 0.717) is 4.47 Å². The second-order valence-corrected chi connectivity index (χ2v) is 4.16. The van der Waals surface area contributed by atoms with Crippen LogP contribution in [0.1, 0.15) is 0 Å². The predicted octanol–water partition coefficient (Wildman–Crippen LogP) is 3.82. The number of ether oxygens (including phenoxy) is 1. The van der Waals surface area contributed by atoms with Gasteiger partial charge in [0.15, 0.2) is 11.6 Å². The number of aromatic nitrogens is 2. The molecule has 0 amide bonds. The molecule has 16 heavy (non-hydrogen) atoms. The average molecular weight is 304 g/mol. The molecule has 0 saturated carbocycles. The van der Waals surface area contributed by atoms with Gasteiger partial charge in [-0.1, -0.05) is 27.5 Å². The van der Waals surface area contributed by atoms with Crippen LogP contribution in [0.4, 0.5) is 4.39 Å². The summed E-state index contributed by atoms with van der Waals surface area (Å²) in [5.41, 5.74) is 0. The van der Waals surface area contributed by atoms with Crippen LogP contribution in [0, 0.1) is 5.82 Å². The van der Waals surface area contributed by atoms with Crippen molar-refractivity contribution in [3.05, 3.63) is 46.0 Å². The molecular weight excluding hydrogens is 298 g/mol. The summed E-state index contributed by atoms with van der Waals surface area (Å²) in [6.07, 6.45) is 1.24. The van der Waals surface area contributed by atoms with E-state index < -0.39 is 5.82 Å². The van der Waals surface area contributed by atoms with Gasteiger partial charge in [-0.25, -0.2) is 14.4 Å². The van der Waals surface area contributed by atoms with Crippen molar-refractivity contribution in [1.29, 1.82) is 0 Å². The first kappa shape index (κ1) is 11.3. The lowest BCUT2D eigenvalue weighted by molar-refractivity contribution is 0.426. The molecule has 0 fully saturated rings. The van der Waals surface area contributed by atoms with Crippen LogP contribution in [0.3, 0.4) is 0 Å². The quantitative estimate of drug-likeness (QED) is 0.791. The molecule has 2 rings (SSSR count). The van der Waals surface area contributed by atoms with Crippen LogP contribution in [-0.4, -0.2) is 9.97 Å². The molecule has 1 heterocycles. The van der Waals surface area contributed by atoms with Gasteiger partial charge in [0.1, 0.15) is 11.5 Å². The normalized spacial score (nSPS) is 10.2. The van der Waals surface area contributed by atoms with Crippen molar-refractivity contribution in [1.82, 2.24) is 9.97 Å². The molecule has 0 bridgehead atoms. The molecule has 0 unspecified atom stereocenters. The van der Waals surface area contributed by atoms with E-state index in [1.807, 2.05) is 0 Å². The molecule has 0 spiro atoms. The lowest BCUT2D eigenvalue weighted by Gasteiger charge is -2.05. The third-order valence-electron chi connectivity index (χ3n) is 1.72. The lowest BCUT2D eigenvalue weighted by atomic mass is 10.3. The zero-order valence-electron chi connectivity index (χ0n) is 7.82. The fourth-order valence-electron chi connectivity index (χ4n) is 1.04. The minimum Gasteiger partial charge on any atom is -0.436 e. The molecule has 0 aliphatic heterocycles. The van der Waals surface area contributed by atoms with Crippen LogP contribution in [0.2, 0.25) is 5.15 Å². The molecule has 82 valence electrons. The van der Waals surface area contributed by atoms with Gasteiger partial charge < -0.3 is 4.74 Å². The summed E-state index contributed by atoms with van der Waals surface area (Å²) in [7, 11) is 0. The maximum atomic E-state index is 13.3. The van der Waals surface area contributed by atoms with Crippen molar-refractivity contribution in [2.75, 3.05) is 0 Å². The Labute approximate surface area is 104 Å². The summed E-state index contributed by atoms with van der Waals surface area (Å²) >= 11 is 8.87. The van der Waals surface area contributed by atoms with E-state index in [1.54, 1.807) is 6.07 Å². The molecule has 0 radical (unpaired) electrons. The standard InChI is InChI=1S/C10H5BrClFN2O/c11-6-1-2-7(13)8(3-6)16-10-4-9(12)14-5-15-10/h1-5H. The Morgan fingerprint density at radius 2 is 2.06 bits per heavy atom. The fraction of sp³-hybridized carbons (Fsp3) is 0. The number of halogens is 3. The third-order valence-corrected chi connectivity index (χ3v) is 2.42. The van der Waals surface area contributed by atoms with Crippen molar-refractivity contribution in [3.63, 3.8) is 0 Å². The first-order chi connectivity index (χ1) is 7.65. The molecule has 0 saturated heterocycles. The molecule has 0 aliphatic carbocycles. The Bertz CT molecular complexity index is 524. The van der Waals surface area contributed by atoms with E-state index in [0.717, 1.165) is 0 Å². The Hall–Kier alpha value is -1.20. The van der Waals surface area contributed by atoms with Gasteiger partial charge in [0.2, 0.25) is 5.88 Å². The first-order valence-electron chi connectivity index (χ1n) is 4.25. The van der Waals surface area contributed by atoms with E-state index in [-0.39, 0.29) is 16.8 Å². The predicted molar refractivity (Wildman–Crippen MR) is 61.2 cm³/mol. The van der Waals surface area contributed by atoms with E-state index >= 15 is 0 Å². The lowest BCUT2D eigenvalue weighted by Crippen LogP contribution is -1.91. The van der Waals surface area contributed by atoms with Crippen molar-refractivity contribution in [3.8, 4) is 11.6 Å². The molecular formula is C10H5BrClFN2O. The summed E-state index contributed by atoms with van der Waals surface area (Å²) in [6.45, 7) is 0. The number of hydrogen-bond donors (Lipinski definition) is 0. The van der Waals surface area contributed by atoms with Crippen molar-refractivity contribution >= 4 is 27.5 Å². The van der Waals surface area contributed by atoms with Gasteiger partial charge >= 0.3 is 0 Å². The van der Waals surface area contributed by atoms with Crippen LogP contribution in [-0.2, 0) is 0 Å². The number of rotatable bonds is 2. The van der Waals surface area contributed by atoms with Crippen molar-refractivity contribution in [2.45, 2.75) is 0 Å². The van der Waals surface area contributed by atoms with Crippen molar-refractivity contribution < 1.29 is 9.13 Å². The van der Waals surface area contributed by atoms with Crippen LogP contribution >= 0.6 is 27.5 Å². The topological polar surface area (TPSA) is 35.0 Å². The van der Waals surface area contributed by atoms with Gasteiger partial charge in [0.25, 0.3) is 0 Å². The fourth-order valence-corrected chi connectivity index (χ4v) is 1.52. The van der Waals surface area contributed by atoms with Crippen LogP contribution in [0.15, 0.2) is 35.1 Å². The molecule has 0 aliphatic rings. The molecule has 1 aromatic carbocycles. The molecule has 6 heteroatoms. The van der Waals surface area contributed by atoms with E-state index in [2.05, 4.69) is 25.9 Å². The Morgan fingerprint density at radius 3 is 2.81 bits per heavy atom. The maximum Gasteiger partial charge on any atom is 0.223 e. The highest BCUT2D eigenvalue weighted by molar-refractivity contribution is 9.10. The summed E-state index contributed by atoms with van der Waals surface area (Å²) in [5, 5.41) is 0.236. The summed E-state index contributed by atoms with van der Waals surface area (Å²) < 4.78 is 19.3. The van der Waals surface area contributed by atoms with Gasteiger partial charge in [-0.3, -0.25) is 0 Å². The van der Waals surface area contributed by atoms with Crippen LogP contribution in [0.5, 0.6) is 11.6 Å². The Balaban J connectivity index is 2.30. The highest BCUT2D eigenvalue weighted by Crippen LogP contribution is 2.26. The van der Waals surface area contributed by atoms with E-state index in [1.165, 1.54) is 24.5 Å². The highest BCUT2D eigenvalue weighted by Gasteiger charge is 2.06. The largest absolute Gasteiger partial charge is 0.436 e. The summed E-state index contributed by atoms with van der Waals surface area (Å²) in [4.78, 5) is 7.50. The van der Waals surface area contributed by atoms with Gasteiger partial charge in [0.05, 0.1) is 0 Å². The monoisotopic (exact) mass is 302 g/mol. The van der Waals surface area contributed by atoms with Gasteiger partial charge in [-0.05, 0) is 18.2 Å². The van der Waals surface area contributed by atoms with E-state index in [4.69, 9.17) is 16.3 Å². The zero-order valence-corrected chi connectivity index (χ0v) is 10.2. The minimum atomic E-state index is -0.474. The number of hydrogen-bond acceptors (Lipinski definition) is 3. The maximum absolute atomic E-state index is 13.3. The summed E-state index contributed by atoms with van der Waals surface area (Å²) in [5.74, 6) is -0.209. The van der Waals surface area contributed by atoms with Gasteiger partial charge in [-0.2, -0.15) is 0 Å². The summed E-state index contributed by atoms with van der Waals surface area (Å²) in [6, 6.07) is 5.78. The second kappa shape index (κ2) is 4.76. The second-order valence-electron chi connectivity index (χ2n) is 2.86. The molecule has 2 aromatic rings. The Kier molecular flexibility index (Phi) is 3.36. The third kappa shape index (κ3) is 2.68. The minimum absolute atomic E-state index is 0.0733. The van der Waals surface area contributed by atoms with Gasteiger partial charge in [-0.15, -0.1) is 0 Å². The average Bonchev–Trinajstić information content (AvgIpc) is 2.24. The van der Waals surface area contributed by atoms with Crippen LogP contribution in [0.25, 0.3) is 0 Å². The SMILES string of the molecule is Fc1ccc(Br)cc1Oc1cc(Cl)ncn1. The molecule has 0 atom stereocenters. The highest BCUT2D eigenvalue weighted by atomic mass is 79.9. The zero-order chi connectivity index (χ0) is 11.5. The van der Waals surface area contributed by atoms with Crippen LogP contribution < -0.4 is 4.74 Å². The molecule has 0 N–H and O–H groups in total. The first-order valence-corrected chi connectivity index (χ1v) is 5.43. The van der Waals surface area contributed by atoms with Crippen molar-refractivity contribution in [2.24, 2.45) is 0 Å². The molecule has 1 aromatic heterocycles. The number of nitrogens with zero attached hydrogens (tertiary/aromatic N) is 2. The van der Waals surface area contributed by atoms with E-state index in [9.17, 15) is 4.39 Å². The smallest absolute Gasteiger partial charge is 0.223 e. The van der Waals surface area contributed by atoms with Gasteiger partial charge in [0, 0.05) is 10.5 Å². The number of benzene rings is 1.